The van der Waals surface area contributed by atoms with Gasteiger partial charge in [0.25, 0.3) is 0 Å². The number of rotatable bonds is 3. The van der Waals surface area contributed by atoms with Crippen LogP contribution in [-0.4, -0.2) is 5.78 Å². The summed E-state index contributed by atoms with van der Waals surface area (Å²) in [5.41, 5.74) is 10.8. The predicted octanol–water partition coefficient (Wildman–Crippen LogP) is 5.69. The van der Waals surface area contributed by atoms with Crippen molar-refractivity contribution in [2.45, 2.75) is 45.4 Å². The molecule has 1 unspecified atom stereocenters. The molecule has 1 aliphatic heterocycles. The van der Waals surface area contributed by atoms with Crippen molar-refractivity contribution in [1.29, 1.82) is 5.26 Å². The van der Waals surface area contributed by atoms with E-state index < -0.39 is 0 Å². The normalized spacial score (nSPS) is 19.4. The number of carbonyl (C=O) groups is 1. The summed E-state index contributed by atoms with van der Waals surface area (Å²) >= 11 is 5.28. The van der Waals surface area contributed by atoms with E-state index in [-0.39, 0.29) is 11.7 Å². The minimum atomic E-state index is -0.385. The summed E-state index contributed by atoms with van der Waals surface area (Å²) in [6.07, 6.45) is 2.99. The van der Waals surface area contributed by atoms with Crippen molar-refractivity contribution in [3.05, 3.63) is 72.8 Å². The summed E-state index contributed by atoms with van der Waals surface area (Å²) in [7, 11) is 0. The first-order valence-electron chi connectivity index (χ1n) is 9.77. The summed E-state index contributed by atoms with van der Waals surface area (Å²) in [4.78, 5) is 17.3. The lowest BCUT2D eigenvalue weighted by atomic mass is 9.78. The third kappa shape index (κ3) is 3.23. The monoisotopic (exact) mass is 467 g/mol. The molecule has 0 bridgehead atoms. The van der Waals surface area contributed by atoms with Crippen molar-refractivity contribution in [1.82, 2.24) is 0 Å². The van der Waals surface area contributed by atoms with Gasteiger partial charge < -0.3 is 5.73 Å². The van der Waals surface area contributed by atoms with Gasteiger partial charge >= 0.3 is 0 Å². The molecule has 29 heavy (non-hydrogen) atoms. The molecular formula is C23H22BrN3OS. The topological polar surface area (TPSA) is 70.1 Å². The Balaban J connectivity index is 1.98. The third-order valence-corrected chi connectivity index (χ3v) is 7.97. The Morgan fingerprint density at radius 1 is 1.34 bits per heavy atom. The van der Waals surface area contributed by atoms with Crippen LogP contribution in [0, 0.1) is 18.3 Å². The van der Waals surface area contributed by atoms with E-state index >= 15 is 0 Å². The van der Waals surface area contributed by atoms with Crippen molar-refractivity contribution in [3.63, 3.8) is 0 Å². The SMILES string of the molecule is CCc1sc(C2C(C#N)=C(N)N(c3ccccc3C)C3=C2C(=O)CCC3)cc1Br. The van der Waals surface area contributed by atoms with Crippen LogP contribution in [0.2, 0.25) is 0 Å². The molecule has 0 spiro atoms. The van der Waals surface area contributed by atoms with E-state index in [1.807, 2.05) is 36.1 Å². The molecular weight excluding hydrogens is 446 g/mol. The van der Waals surface area contributed by atoms with E-state index in [0.29, 0.717) is 17.8 Å². The lowest BCUT2D eigenvalue weighted by molar-refractivity contribution is -0.116. The molecule has 0 amide bonds. The zero-order valence-corrected chi connectivity index (χ0v) is 18.9. The molecule has 2 N–H and O–H groups in total. The maximum absolute atomic E-state index is 13.1. The quantitative estimate of drug-likeness (QED) is 0.629. The highest BCUT2D eigenvalue weighted by Crippen LogP contribution is 2.49. The van der Waals surface area contributed by atoms with Crippen LogP contribution in [0.4, 0.5) is 5.69 Å². The molecule has 2 heterocycles. The number of anilines is 1. The number of benzene rings is 1. The molecule has 2 aromatic rings. The number of nitriles is 1. The molecule has 0 fully saturated rings. The first-order chi connectivity index (χ1) is 14.0. The average Bonchev–Trinajstić information content (AvgIpc) is 3.08. The van der Waals surface area contributed by atoms with Crippen LogP contribution in [-0.2, 0) is 11.2 Å². The molecule has 0 saturated carbocycles. The Morgan fingerprint density at radius 2 is 2.10 bits per heavy atom. The number of para-hydroxylation sites is 1. The van der Waals surface area contributed by atoms with Gasteiger partial charge in [0, 0.05) is 31.9 Å². The Bertz CT molecular complexity index is 1110. The Morgan fingerprint density at radius 3 is 2.76 bits per heavy atom. The van der Waals surface area contributed by atoms with Gasteiger partial charge in [-0.3, -0.25) is 9.69 Å². The second-order valence-corrected chi connectivity index (χ2v) is 9.40. The largest absolute Gasteiger partial charge is 0.384 e. The molecule has 4 nitrogen and oxygen atoms in total. The van der Waals surface area contributed by atoms with Crippen molar-refractivity contribution in [2.24, 2.45) is 5.73 Å². The molecule has 4 rings (SSSR count). The van der Waals surface area contributed by atoms with Crippen molar-refractivity contribution >= 4 is 38.7 Å². The first kappa shape index (κ1) is 19.9. The molecule has 148 valence electrons. The van der Waals surface area contributed by atoms with Gasteiger partial charge in [-0.05, 0) is 59.8 Å². The minimum absolute atomic E-state index is 0.123. The lowest BCUT2D eigenvalue weighted by Crippen LogP contribution is -2.38. The van der Waals surface area contributed by atoms with E-state index in [9.17, 15) is 10.1 Å². The summed E-state index contributed by atoms with van der Waals surface area (Å²) in [5, 5.41) is 10.1. The second-order valence-electron chi connectivity index (χ2n) is 7.38. The fourth-order valence-corrected chi connectivity index (χ4v) is 6.31. The van der Waals surface area contributed by atoms with E-state index in [1.54, 1.807) is 11.3 Å². The Hall–Kier alpha value is -2.36. The maximum Gasteiger partial charge on any atom is 0.161 e. The summed E-state index contributed by atoms with van der Waals surface area (Å²) in [6.45, 7) is 4.13. The van der Waals surface area contributed by atoms with Crippen molar-refractivity contribution in [3.8, 4) is 6.07 Å². The number of carbonyl (C=O) groups excluding carboxylic acids is 1. The number of ketones is 1. The van der Waals surface area contributed by atoms with E-state index in [2.05, 4.69) is 35.0 Å². The number of halogens is 1. The number of nitrogens with two attached hydrogens (primary N) is 1. The van der Waals surface area contributed by atoms with Gasteiger partial charge in [0.1, 0.15) is 5.82 Å². The first-order valence-corrected chi connectivity index (χ1v) is 11.4. The molecule has 6 heteroatoms. The fourth-order valence-electron chi connectivity index (χ4n) is 4.27. The molecule has 1 aliphatic carbocycles. The minimum Gasteiger partial charge on any atom is -0.384 e. The molecule has 1 aromatic heterocycles. The number of hydrogen-bond acceptors (Lipinski definition) is 5. The van der Waals surface area contributed by atoms with Gasteiger partial charge in [-0.1, -0.05) is 25.1 Å². The Labute approximate surface area is 183 Å². The van der Waals surface area contributed by atoms with E-state index in [4.69, 9.17) is 5.73 Å². The van der Waals surface area contributed by atoms with Crippen LogP contribution in [0.15, 0.2) is 57.5 Å². The molecule has 2 aliphatic rings. The summed E-state index contributed by atoms with van der Waals surface area (Å²) in [6, 6.07) is 12.4. The van der Waals surface area contributed by atoms with Gasteiger partial charge in [-0.25, -0.2) is 0 Å². The molecule has 1 atom stereocenters. The lowest BCUT2D eigenvalue weighted by Gasteiger charge is -2.39. The van der Waals surface area contributed by atoms with Gasteiger partial charge in [-0.15, -0.1) is 11.3 Å². The van der Waals surface area contributed by atoms with Crippen LogP contribution < -0.4 is 10.6 Å². The van der Waals surface area contributed by atoms with Gasteiger partial charge in [0.2, 0.25) is 0 Å². The van der Waals surface area contributed by atoms with Gasteiger partial charge in [0.05, 0.1) is 23.2 Å². The number of Topliss-reactive ketones (excluding diaryl/α,β-unsaturated/α-hetero) is 1. The summed E-state index contributed by atoms with van der Waals surface area (Å²) < 4.78 is 1.03. The van der Waals surface area contributed by atoms with Crippen LogP contribution in [0.1, 0.15) is 47.4 Å². The average molecular weight is 468 g/mol. The van der Waals surface area contributed by atoms with Crippen LogP contribution >= 0.6 is 27.3 Å². The number of hydrogen-bond donors (Lipinski definition) is 1. The van der Waals surface area contributed by atoms with Crippen LogP contribution in [0.5, 0.6) is 0 Å². The highest BCUT2D eigenvalue weighted by atomic mass is 79.9. The highest BCUT2D eigenvalue weighted by Gasteiger charge is 2.41. The number of thiophene rings is 1. The predicted molar refractivity (Wildman–Crippen MR) is 121 cm³/mol. The van der Waals surface area contributed by atoms with Gasteiger partial charge in [-0.2, -0.15) is 5.26 Å². The maximum atomic E-state index is 13.1. The number of aryl methyl sites for hydroxylation is 2. The second kappa shape index (κ2) is 7.81. The van der Waals surface area contributed by atoms with E-state index in [0.717, 1.165) is 51.1 Å². The number of nitrogens with zero attached hydrogens (tertiary/aromatic N) is 2. The molecule has 1 aromatic carbocycles. The van der Waals surface area contributed by atoms with Gasteiger partial charge in [0.15, 0.2) is 5.78 Å². The van der Waals surface area contributed by atoms with Crippen molar-refractivity contribution < 1.29 is 4.79 Å². The van der Waals surface area contributed by atoms with E-state index in [1.165, 1.54) is 4.88 Å². The third-order valence-electron chi connectivity index (χ3n) is 5.65. The number of allylic oxidation sites excluding steroid dienone is 3. The smallest absolute Gasteiger partial charge is 0.161 e. The van der Waals surface area contributed by atoms with Crippen LogP contribution in [0.3, 0.4) is 0 Å². The Kier molecular flexibility index (Phi) is 5.37. The van der Waals surface area contributed by atoms with Crippen molar-refractivity contribution in [2.75, 3.05) is 4.90 Å². The zero-order valence-electron chi connectivity index (χ0n) is 16.5. The fraction of sp³-hybridized carbons (Fsp3) is 0.304. The molecule has 0 radical (unpaired) electrons. The summed E-state index contributed by atoms with van der Waals surface area (Å²) in [5.74, 6) is 0.171. The van der Waals surface area contributed by atoms with Crippen LogP contribution in [0.25, 0.3) is 0 Å². The highest BCUT2D eigenvalue weighted by molar-refractivity contribution is 9.10. The molecule has 0 saturated heterocycles. The standard InChI is InChI=1S/C23H22BrN3OS/c1-3-19-15(24)11-20(29-19)21-14(12-25)23(26)27(16-8-5-4-7-13(16)2)17-9-6-10-18(28)22(17)21/h4-5,7-8,11,21H,3,6,9-10,26H2,1-2H3. The zero-order chi connectivity index (χ0) is 20.7.